The summed E-state index contributed by atoms with van der Waals surface area (Å²) < 4.78 is 0. The van der Waals surface area contributed by atoms with Gasteiger partial charge in [0.2, 0.25) is 0 Å². The smallest absolute Gasteiger partial charge is 0.0558 e. The maximum Gasteiger partial charge on any atom is 0.0558 e. The largest absolute Gasteiger partial charge is 0.395 e. The SMILES string of the molecule is CC(N)C(c1ccncc1)N(CCO)C1CC1. The van der Waals surface area contributed by atoms with Crippen LogP contribution in [0, 0.1) is 0 Å². The molecule has 0 radical (unpaired) electrons. The first-order chi connectivity index (χ1) is 8.24. The maximum absolute atomic E-state index is 9.20. The van der Waals surface area contributed by atoms with Crippen molar-refractivity contribution in [1.82, 2.24) is 9.88 Å². The van der Waals surface area contributed by atoms with Crippen LogP contribution >= 0.6 is 0 Å². The molecule has 1 aliphatic carbocycles. The third-order valence-corrected chi connectivity index (χ3v) is 3.28. The highest BCUT2D eigenvalue weighted by molar-refractivity contribution is 5.18. The molecule has 1 saturated carbocycles. The Bertz CT molecular complexity index is 338. The van der Waals surface area contributed by atoms with Gasteiger partial charge < -0.3 is 10.8 Å². The summed E-state index contributed by atoms with van der Waals surface area (Å²) in [4.78, 5) is 6.38. The van der Waals surface area contributed by atoms with E-state index in [1.807, 2.05) is 19.1 Å². The molecule has 1 aromatic heterocycles. The molecule has 2 rings (SSSR count). The predicted molar refractivity (Wildman–Crippen MR) is 67.4 cm³/mol. The third-order valence-electron chi connectivity index (χ3n) is 3.28. The summed E-state index contributed by atoms with van der Waals surface area (Å²) in [5.41, 5.74) is 7.31. The second-order valence-corrected chi connectivity index (χ2v) is 4.78. The van der Waals surface area contributed by atoms with Crippen LogP contribution in [-0.2, 0) is 0 Å². The molecule has 0 aromatic carbocycles. The van der Waals surface area contributed by atoms with Crippen molar-refractivity contribution >= 4 is 0 Å². The monoisotopic (exact) mass is 235 g/mol. The lowest BCUT2D eigenvalue weighted by Gasteiger charge is -2.34. The first-order valence-electron chi connectivity index (χ1n) is 6.26. The van der Waals surface area contributed by atoms with E-state index in [9.17, 15) is 5.11 Å². The van der Waals surface area contributed by atoms with Crippen LogP contribution in [0.1, 0.15) is 31.4 Å². The number of rotatable bonds is 6. The van der Waals surface area contributed by atoms with Gasteiger partial charge in [0.1, 0.15) is 0 Å². The molecule has 0 spiro atoms. The van der Waals surface area contributed by atoms with E-state index in [2.05, 4.69) is 9.88 Å². The maximum atomic E-state index is 9.20. The Morgan fingerprint density at radius 3 is 2.59 bits per heavy atom. The zero-order chi connectivity index (χ0) is 12.3. The van der Waals surface area contributed by atoms with E-state index >= 15 is 0 Å². The summed E-state index contributed by atoms with van der Waals surface area (Å²) in [5, 5.41) is 9.20. The number of hydrogen-bond donors (Lipinski definition) is 2. The van der Waals surface area contributed by atoms with Crippen molar-refractivity contribution in [3.05, 3.63) is 30.1 Å². The van der Waals surface area contributed by atoms with Crippen LogP contribution in [0.3, 0.4) is 0 Å². The fourth-order valence-electron chi connectivity index (χ4n) is 2.43. The lowest BCUT2D eigenvalue weighted by molar-refractivity contribution is 0.129. The van der Waals surface area contributed by atoms with Gasteiger partial charge in [-0.3, -0.25) is 9.88 Å². The van der Waals surface area contributed by atoms with Crippen molar-refractivity contribution in [2.45, 2.75) is 37.9 Å². The van der Waals surface area contributed by atoms with Crippen molar-refractivity contribution in [3.63, 3.8) is 0 Å². The van der Waals surface area contributed by atoms with Crippen molar-refractivity contribution in [1.29, 1.82) is 0 Å². The number of nitrogens with two attached hydrogens (primary N) is 1. The topological polar surface area (TPSA) is 62.4 Å². The lowest BCUT2D eigenvalue weighted by atomic mass is 10.00. The summed E-state index contributed by atoms with van der Waals surface area (Å²) in [5.74, 6) is 0. The zero-order valence-corrected chi connectivity index (χ0v) is 10.3. The highest BCUT2D eigenvalue weighted by atomic mass is 16.3. The van der Waals surface area contributed by atoms with E-state index < -0.39 is 0 Å². The average Bonchev–Trinajstić information content (AvgIpc) is 3.13. The molecule has 17 heavy (non-hydrogen) atoms. The second-order valence-electron chi connectivity index (χ2n) is 4.78. The molecule has 2 unspecified atom stereocenters. The van der Waals surface area contributed by atoms with E-state index in [4.69, 9.17) is 5.73 Å². The Balaban J connectivity index is 2.20. The average molecular weight is 235 g/mol. The van der Waals surface area contributed by atoms with Gasteiger partial charge in [-0.1, -0.05) is 0 Å². The van der Waals surface area contributed by atoms with Gasteiger partial charge in [-0.05, 0) is 37.5 Å². The van der Waals surface area contributed by atoms with Crippen LogP contribution in [0.4, 0.5) is 0 Å². The Kier molecular flexibility index (Phi) is 4.10. The van der Waals surface area contributed by atoms with E-state index in [-0.39, 0.29) is 18.7 Å². The Morgan fingerprint density at radius 2 is 2.12 bits per heavy atom. The minimum absolute atomic E-state index is 0.0459. The quantitative estimate of drug-likeness (QED) is 0.770. The normalized spacial score (nSPS) is 19.3. The molecule has 0 aliphatic heterocycles. The molecular formula is C13H21N3O. The summed E-state index contributed by atoms with van der Waals surface area (Å²) in [6, 6.07) is 4.84. The van der Waals surface area contributed by atoms with Crippen LogP contribution < -0.4 is 5.73 Å². The van der Waals surface area contributed by atoms with E-state index in [1.54, 1.807) is 12.4 Å². The molecule has 1 heterocycles. The first-order valence-corrected chi connectivity index (χ1v) is 6.26. The van der Waals surface area contributed by atoms with E-state index in [1.165, 1.54) is 18.4 Å². The zero-order valence-electron chi connectivity index (χ0n) is 10.3. The van der Waals surface area contributed by atoms with Crippen LogP contribution in [0.2, 0.25) is 0 Å². The molecular weight excluding hydrogens is 214 g/mol. The van der Waals surface area contributed by atoms with Crippen molar-refractivity contribution in [2.75, 3.05) is 13.2 Å². The van der Waals surface area contributed by atoms with Gasteiger partial charge in [0.15, 0.2) is 0 Å². The minimum Gasteiger partial charge on any atom is -0.395 e. The molecule has 0 saturated heterocycles. The molecule has 1 fully saturated rings. The van der Waals surface area contributed by atoms with Gasteiger partial charge in [0.25, 0.3) is 0 Å². The van der Waals surface area contributed by atoms with Crippen LogP contribution in [-0.4, -0.2) is 40.2 Å². The summed E-state index contributed by atoms with van der Waals surface area (Å²) in [6.07, 6.45) is 6.03. The Morgan fingerprint density at radius 1 is 1.47 bits per heavy atom. The number of aliphatic hydroxyl groups is 1. The summed E-state index contributed by atoms with van der Waals surface area (Å²) in [7, 11) is 0. The van der Waals surface area contributed by atoms with Crippen LogP contribution in [0.15, 0.2) is 24.5 Å². The molecule has 1 aliphatic rings. The van der Waals surface area contributed by atoms with E-state index in [0.29, 0.717) is 12.6 Å². The number of nitrogens with zero attached hydrogens (tertiary/aromatic N) is 2. The van der Waals surface area contributed by atoms with Gasteiger partial charge in [-0.25, -0.2) is 0 Å². The number of aliphatic hydroxyl groups excluding tert-OH is 1. The lowest BCUT2D eigenvalue weighted by Crippen LogP contribution is -2.42. The molecule has 4 nitrogen and oxygen atoms in total. The van der Waals surface area contributed by atoms with Gasteiger partial charge in [0, 0.05) is 31.0 Å². The fourth-order valence-corrected chi connectivity index (χ4v) is 2.43. The van der Waals surface area contributed by atoms with Crippen LogP contribution in [0.5, 0.6) is 0 Å². The van der Waals surface area contributed by atoms with Gasteiger partial charge in [0.05, 0.1) is 12.6 Å². The number of hydrogen-bond acceptors (Lipinski definition) is 4. The summed E-state index contributed by atoms with van der Waals surface area (Å²) in [6.45, 7) is 2.90. The van der Waals surface area contributed by atoms with Crippen LogP contribution in [0.25, 0.3) is 0 Å². The van der Waals surface area contributed by atoms with Crippen molar-refractivity contribution < 1.29 is 5.11 Å². The standard InChI is InChI=1S/C13H21N3O/c1-10(14)13(11-4-6-15-7-5-11)16(8-9-17)12-2-3-12/h4-7,10,12-13,17H,2-3,8-9,14H2,1H3. The number of pyridine rings is 1. The second kappa shape index (κ2) is 5.58. The molecule has 0 amide bonds. The molecule has 1 aromatic rings. The van der Waals surface area contributed by atoms with E-state index in [0.717, 1.165) is 0 Å². The van der Waals surface area contributed by atoms with Crippen molar-refractivity contribution in [3.8, 4) is 0 Å². The highest BCUT2D eigenvalue weighted by Crippen LogP contribution is 2.35. The number of aromatic nitrogens is 1. The minimum atomic E-state index is 0.0459. The Labute approximate surface area is 102 Å². The molecule has 3 N–H and O–H groups in total. The molecule has 0 bridgehead atoms. The fraction of sp³-hybridized carbons (Fsp3) is 0.615. The van der Waals surface area contributed by atoms with Gasteiger partial charge in [-0.15, -0.1) is 0 Å². The van der Waals surface area contributed by atoms with Gasteiger partial charge >= 0.3 is 0 Å². The molecule has 2 atom stereocenters. The Hall–Kier alpha value is -0.970. The highest BCUT2D eigenvalue weighted by Gasteiger charge is 2.35. The van der Waals surface area contributed by atoms with Gasteiger partial charge in [-0.2, -0.15) is 0 Å². The summed E-state index contributed by atoms with van der Waals surface area (Å²) >= 11 is 0. The first kappa shape index (κ1) is 12.5. The molecule has 94 valence electrons. The predicted octanol–water partition coefficient (Wildman–Crippen LogP) is 0.927. The molecule has 4 heteroatoms. The van der Waals surface area contributed by atoms with Crippen molar-refractivity contribution in [2.24, 2.45) is 5.73 Å². The third kappa shape index (κ3) is 3.03.